The molecule has 184 valence electrons. The molecule has 0 bridgehead atoms. The van der Waals surface area contributed by atoms with Gasteiger partial charge < -0.3 is 15.2 Å². The summed E-state index contributed by atoms with van der Waals surface area (Å²) < 4.78 is 42.5. The summed E-state index contributed by atoms with van der Waals surface area (Å²) in [5.74, 6) is -0.694. The third kappa shape index (κ3) is 3.48. The first-order valence-electron chi connectivity index (χ1n) is 11.5. The molecule has 36 heavy (non-hydrogen) atoms. The van der Waals surface area contributed by atoms with Crippen molar-refractivity contribution in [1.82, 2.24) is 19.9 Å². The van der Waals surface area contributed by atoms with Crippen LogP contribution in [-0.2, 0) is 18.0 Å². The molecule has 1 aromatic carbocycles. The Morgan fingerprint density at radius 1 is 1.28 bits per heavy atom. The maximum Gasteiger partial charge on any atom is 0.317 e. The first-order chi connectivity index (χ1) is 17.4. The highest BCUT2D eigenvalue weighted by molar-refractivity contribution is 7.23. The molecule has 0 radical (unpaired) electrons. The van der Waals surface area contributed by atoms with Crippen LogP contribution >= 0.6 is 11.3 Å². The minimum absolute atomic E-state index is 0.0633. The van der Waals surface area contributed by atoms with Crippen molar-refractivity contribution in [2.75, 3.05) is 25.9 Å². The van der Waals surface area contributed by atoms with Gasteiger partial charge in [-0.1, -0.05) is 6.92 Å². The van der Waals surface area contributed by atoms with Crippen LogP contribution in [0.5, 0.6) is 6.01 Å². The van der Waals surface area contributed by atoms with E-state index in [-0.39, 0.29) is 62.7 Å². The number of benzene rings is 1. The minimum Gasteiger partial charge on any atom is -0.462 e. The molecule has 6 rings (SSSR count). The highest BCUT2D eigenvalue weighted by Crippen LogP contribution is 2.45. The van der Waals surface area contributed by atoms with Crippen molar-refractivity contribution < 1.29 is 18.3 Å². The number of nitrogen functional groups attached to an aromatic ring is 1. The van der Waals surface area contributed by atoms with E-state index < -0.39 is 11.6 Å². The van der Waals surface area contributed by atoms with Crippen LogP contribution in [0.3, 0.4) is 0 Å². The largest absolute Gasteiger partial charge is 0.462 e. The van der Waals surface area contributed by atoms with E-state index in [1.807, 2.05) is 6.07 Å². The molecule has 2 N–H and O–H groups in total. The topological polar surface area (TPSA) is 110 Å². The Bertz CT molecular complexity index is 1580. The predicted molar refractivity (Wildman–Crippen MR) is 131 cm³/mol. The maximum atomic E-state index is 16.3. The van der Waals surface area contributed by atoms with Gasteiger partial charge in [-0.3, -0.25) is 9.88 Å². The van der Waals surface area contributed by atoms with Gasteiger partial charge in [0, 0.05) is 35.1 Å². The summed E-state index contributed by atoms with van der Waals surface area (Å²) in [6, 6.07) is 2.33. The molecule has 0 spiro atoms. The molecule has 2 aliphatic heterocycles. The second kappa shape index (κ2) is 8.58. The molecule has 2 unspecified atom stereocenters. The summed E-state index contributed by atoms with van der Waals surface area (Å²) in [7, 11) is 2.05. The average Bonchev–Trinajstić information content (AvgIpc) is 3.56. The van der Waals surface area contributed by atoms with Gasteiger partial charge in [0.2, 0.25) is 0 Å². The molecular formula is C25H22F2N6O2S. The fourth-order valence-corrected chi connectivity index (χ4v) is 6.25. The van der Waals surface area contributed by atoms with Crippen molar-refractivity contribution in [2.24, 2.45) is 5.92 Å². The number of aromatic nitrogens is 3. The lowest BCUT2D eigenvalue weighted by molar-refractivity contribution is 0.135. The zero-order valence-electron chi connectivity index (χ0n) is 19.6. The Balaban J connectivity index is 1.51. The van der Waals surface area contributed by atoms with E-state index in [0.717, 1.165) is 36.1 Å². The van der Waals surface area contributed by atoms with Crippen LogP contribution in [-0.4, -0.2) is 46.1 Å². The summed E-state index contributed by atoms with van der Waals surface area (Å²) in [6.45, 7) is 3.98. The average molecular weight is 509 g/mol. The molecule has 3 aromatic heterocycles. The number of likely N-dealkylation sites (N-methyl/N-ethyl adjacent to an activating group) is 1. The quantitative estimate of drug-likeness (QED) is 0.432. The molecule has 1 saturated heterocycles. The van der Waals surface area contributed by atoms with E-state index >= 15 is 4.39 Å². The maximum absolute atomic E-state index is 16.3. The van der Waals surface area contributed by atoms with E-state index in [1.165, 1.54) is 0 Å². The van der Waals surface area contributed by atoms with Crippen LogP contribution in [0.1, 0.15) is 30.0 Å². The molecule has 8 nitrogen and oxygen atoms in total. The Labute approximate surface area is 209 Å². The molecule has 11 heteroatoms. The molecular weight excluding hydrogens is 486 g/mol. The number of likely N-dealkylation sites (tertiary alicyclic amines) is 1. The molecule has 0 aliphatic carbocycles. The number of hydrogen-bond donors (Lipinski definition) is 1. The van der Waals surface area contributed by atoms with Gasteiger partial charge in [0.15, 0.2) is 11.6 Å². The number of halogens is 2. The lowest BCUT2D eigenvalue weighted by Gasteiger charge is -2.19. The number of anilines is 1. The van der Waals surface area contributed by atoms with Gasteiger partial charge in [-0.2, -0.15) is 10.2 Å². The number of nitrogens with two attached hydrogens (primary N) is 1. The van der Waals surface area contributed by atoms with Crippen molar-refractivity contribution in [1.29, 1.82) is 5.26 Å². The Morgan fingerprint density at radius 2 is 2.08 bits per heavy atom. The van der Waals surface area contributed by atoms with Crippen molar-refractivity contribution >= 4 is 37.3 Å². The van der Waals surface area contributed by atoms with Crippen molar-refractivity contribution in [3.8, 4) is 23.3 Å². The second-order valence-electron chi connectivity index (χ2n) is 9.41. The van der Waals surface area contributed by atoms with Gasteiger partial charge in [0.25, 0.3) is 0 Å². The normalized spacial score (nSPS) is 19.8. The number of hydrogen-bond acceptors (Lipinski definition) is 9. The van der Waals surface area contributed by atoms with Gasteiger partial charge in [-0.05, 0) is 30.5 Å². The van der Waals surface area contributed by atoms with Crippen LogP contribution < -0.4 is 10.5 Å². The van der Waals surface area contributed by atoms with E-state index in [4.69, 9.17) is 15.2 Å². The first-order valence-corrected chi connectivity index (χ1v) is 12.4. The number of nitriles is 1. The molecule has 1 fully saturated rings. The molecule has 5 heterocycles. The SMILES string of the molecule is CC1CC(COc2ncc3c4c(c(-c5ncc(F)c6sc(N)c(C#N)c56)c(F)c3n2)COC4)N(C)C1. The summed E-state index contributed by atoms with van der Waals surface area (Å²) in [6.07, 6.45) is 3.58. The van der Waals surface area contributed by atoms with Crippen LogP contribution in [0.2, 0.25) is 0 Å². The zero-order chi connectivity index (χ0) is 25.1. The first kappa shape index (κ1) is 23.0. The van der Waals surface area contributed by atoms with E-state index in [0.29, 0.717) is 23.5 Å². The van der Waals surface area contributed by atoms with Gasteiger partial charge in [0.05, 0.1) is 35.4 Å². The van der Waals surface area contributed by atoms with Crippen LogP contribution in [0, 0.1) is 28.9 Å². The minimum atomic E-state index is -0.651. The van der Waals surface area contributed by atoms with Crippen LogP contribution in [0.25, 0.3) is 32.2 Å². The Hall–Kier alpha value is -3.46. The summed E-state index contributed by atoms with van der Waals surface area (Å²) in [4.78, 5) is 15.2. The second-order valence-corrected chi connectivity index (χ2v) is 10.5. The summed E-state index contributed by atoms with van der Waals surface area (Å²) >= 11 is 0.940. The predicted octanol–water partition coefficient (Wildman–Crippen LogP) is 4.39. The number of ether oxygens (including phenoxy) is 2. The fourth-order valence-electron chi connectivity index (χ4n) is 5.33. The molecule has 2 atom stereocenters. The van der Waals surface area contributed by atoms with Gasteiger partial charge >= 0.3 is 6.01 Å². The third-order valence-electron chi connectivity index (χ3n) is 7.03. The molecule has 0 saturated carbocycles. The molecule has 4 aromatic rings. The summed E-state index contributed by atoms with van der Waals surface area (Å²) in [5, 5.41) is 10.6. The number of fused-ring (bicyclic) bond motifs is 4. The smallest absolute Gasteiger partial charge is 0.317 e. The zero-order valence-corrected chi connectivity index (χ0v) is 20.5. The standard InChI is InChI=1S/C25H22F2N6O2S/c1-11-3-12(33(2)7-11)8-35-25-31-5-14-15-9-34-10-16(15)18(20(27)21(14)32-25)22-19-13(4-28)24(29)36-23(19)17(26)6-30-22/h5-6,11-12H,3,7-10,29H2,1-2H3. The van der Waals surface area contributed by atoms with Crippen molar-refractivity contribution in [3.63, 3.8) is 0 Å². The lowest BCUT2D eigenvalue weighted by Crippen LogP contribution is -2.30. The lowest BCUT2D eigenvalue weighted by atomic mass is 9.94. The number of thiophene rings is 1. The van der Waals surface area contributed by atoms with E-state index in [1.54, 1.807) is 6.20 Å². The third-order valence-corrected chi connectivity index (χ3v) is 8.05. The number of nitrogens with zero attached hydrogens (tertiary/aromatic N) is 5. The monoisotopic (exact) mass is 508 g/mol. The highest BCUT2D eigenvalue weighted by atomic mass is 32.1. The van der Waals surface area contributed by atoms with Crippen molar-refractivity contribution in [2.45, 2.75) is 32.6 Å². The number of pyridine rings is 1. The Kier molecular flexibility index (Phi) is 5.48. The molecule has 2 aliphatic rings. The fraction of sp³-hybridized carbons (Fsp3) is 0.360. The van der Waals surface area contributed by atoms with Gasteiger partial charge in [-0.25, -0.2) is 13.8 Å². The van der Waals surface area contributed by atoms with Gasteiger partial charge in [-0.15, -0.1) is 11.3 Å². The van der Waals surface area contributed by atoms with E-state index in [2.05, 4.69) is 33.8 Å². The number of rotatable bonds is 4. The van der Waals surface area contributed by atoms with Crippen LogP contribution in [0.4, 0.5) is 13.8 Å². The van der Waals surface area contributed by atoms with E-state index in [9.17, 15) is 9.65 Å². The Morgan fingerprint density at radius 3 is 2.83 bits per heavy atom. The van der Waals surface area contributed by atoms with Gasteiger partial charge in [0.1, 0.15) is 23.2 Å². The summed E-state index contributed by atoms with van der Waals surface area (Å²) in [5.41, 5.74) is 7.70. The molecule has 0 amide bonds. The van der Waals surface area contributed by atoms with Crippen molar-refractivity contribution in [3.05, 3.63) is 40.7 Å². The highest BCUT2D eigenvalue weighted by Gasteiger charge is 2.31. The van der Waals surface area contributed by atoms with Crippen LogP contribution in [0.15, 0.2) is 12.4 Å².